The van der Waals surface area contributed by atoms with Gasteiger partial charge in [-0.2, -0.15) is 0 Å². The number of aromatic nitrogens is 1. The molecule has 0 saturated carbocycles. The molecule has 4 nitrogen and oxygen atoms in total. The van der Waals surface area contributed by atoms with Crippen LogP contribution in [0.15, 0.2) is 34.2 Å². The Labute approximate surface area is 124 Å². The van der Waals surface area contributed by atoms with Crippen molar-refractivity contribution in [3.05, 3.63) is 44.8 Å². The van der Waals surface area contributed by atoms with Crippen molar-refractivity contribution in [2.75, 3.05) is 11.9 Å². The molecule has 1 heterocycles. The normalized spacial score (nSPS) is 10.2. The first-order valence-electron chi connectivity index (χ1n) is 5.79. The van der Waals surface area contributed by atoms with E-state index in [1.54, 1.807) is 36.6 Å². The smallest absolute Gasteiger partial charge is 0.338 e. The summed E-state index contributed by atoms with van der Waals surface area (Å²) in [5, 5.41) is 6.22. The lowest BCUT2D eigenvalue weighted by molar-refractivity contribution is 0.0526. The van der Waals surface area contributed by atoms with E-state index < -0.39 is 0 Å². The van der Waals surface area contributed by atoms with Gasteiger partial charge >= 0.3 is 5.97 Å². The summed E-state index contributed by atoms with van der Waals surface area (Å²) < 4.78 is 5.78. The summed E-state index contributed by atoms with van der Waals surface area (Å²) in [4.78, 5) is 15.8. The van der Waals surface area contributed by atoms with Gasteiger partial charge in [-0.1, -0.05) is 0 Å². The zero-order valence-corrected chi connectivity index (χ0v) is 12.8. The summed E-state index contributed by atoms with van der Waals surface area (Å²) in [7, 11) is 0. The van der Waals surface area contributed by atoms with E-state index in [2.05, 4.69) is 26.2 Å². The zero-order chi connectivity index (χ0) is 13.7. The Morgan fingerprint density at radius 1 is 1.53 bits per heavy atom. The summed E-state index contributed by atoms with van der Waals surface area (Å²) >= 11 is 5.04. The molecule has 1 aromatic carbocycles. The SMILES string of the molecule is CCOC(=O)c1ccc(NCc2nccs2)c(Br)c1. The first-order valence-corrected chi connectivity index (χ1v) is 7.47. The van der Waals surface area contributed by atoms with E-state index >= 15 is 0 Å². The number of carbonyl (C=O) groups is 1. The molecule has 0 amide bonds. The minimum absolute atomic E-state index is 0.310. The number of ether oxygens (including phenoxy) is 1. The minimum atomic E-state index is -0.310. The van der Waals surface area contributed by atoms with Gasteiger partial charge in [0, 0.05) is 21.7 Å². The van der Waals surface area contributed by atoms with Gasteiger partial charge < -0.3 is 10.1 Å². The lowest BCUT2D eigenvalue weighted by atomic mass is 10.2. The van der Waals surface area contributed by atoms with Crippen LogP contribution in [0.25, 0.3) is 0 Å². The van der Waals surface area contributed by atoms with Gasteiger partial charge in [0.25, 0.3) is 0 Å². The summed E-state index contributed by atoms with van der Waals surface area (Å²) in [6, 6.07) is 5.35. The van der Waals surface area contributed by atoms with Crippen LogP contribution in [0.2, 0.25) is 0 Å². The van der Waals surface area contributed by atoms with Crippen molar-refractivity contribution in [2.24, 2.45) is 0 Å². The van der Waals surface area contributed by atoms with Gasteiger partial charge in [0.2, 0.25) is 0 Å². The molecule has 0 atom stereocenters. The highest BCUT2D eigenvalue weighted by Gasteiger charge is 2.09. The molecule has 0 radical (unpaired) electrons. The number of rotatable bonds is 5. The highest BCUT2D eigenvalue weighted by Crippen LogP contribution is 2.24. The van der Waals surface area contributed by atoms with Crippen molar-refractivity contribution in [1.82, 2.24) is 4.98 Å². The van der Waals surface area contributed by atoms with Crippen molar-refractivity contribution in [3.63, 3.8) is 0 Å². The maximum atomic E-state index is 11.6. The standard InChI is InChI=1S/C13H13BrN2O2S/c1-2-18-13(17)9-3-4-11(10(14)7-9)16-8-12-15-5-6-19-12/h3-7,16H,2,8H2,1H3. The molecule has 0 aliphatic carbocycles. The molecular formula is C13H13BrN2O2S. The number of hydrogen-bond acceptors (Lipinski definition) is 5. The third-order valence-electron chi connectivity index (χ3n) is 2.39. The Kier molecular flexibility index (Phi) is 4.93. The molecule has 1 N–H and O–H groups in total. The summed E-state index contributed by atoms with van der Waals surface area (Å²) in [6.07, 6.45) is 1.78. The first-order chi connectivity index (χ1) is 9.20. The van der Waals surface area contributed by atoms with Gasteiger partial charge in [0.1, 0.15) is 5.01 Å². The van der Waals surface area contributed by atoms with Gasteiger partial charge in [0.15, 0.2) is 0 Å². The largest absolute Gasteiger partial charge is 0.462 e. The average molecular weight is 341 g/mol. The van der Waals surface area contributed by atoms with E-state index in [0.29, 0.717) is 18.7 Å². The zero-order valence-electron chi connectivity index (χ0n) is 10.4. The second kappa shape index (κ2) is 6.68. The molecule has 0 fully saturated rings. The molecule has 100 valence electrons. The lowest BCUT2D eigenvalue weighted by Crippen LogP contribution is -2.05. The Morgan fingerprint density at radius 3 is 3.00 bits per heavy atom. The van der Waals surface area contributed by atoms with Crippen LogP contribution in [0.5, 0.6) is 0 Å². The first kappa shape index (κ1) is 14.0. The van der Waals surface area contributed by atoms with Gasteiger partial charge in [-0.25, -0.2) is 9.78 Å². The molecule has 0 unspecified atom stereocenters. The number of carbonyl (C=O) groups excluding carboxylic acids is 1. The van der Waals surface area contributed by atoms with Crippen LogP contribution in [0.4, 0.5) is 5.69 Å². The number of nitrogens with one attached hydrogen (secondary N) is 1. The monoisotopic (exact) mass is 340 g/mol. The van der Waals surface area contributed by atoms with Gasteiger partial charge in [-0.15, -0.1) is 11.3 Å². The maximum absolute atomic E-state index is 11.6. The van der Waals surface area contributed by atoms with Crippen LogP contribution in [0.1, 0.15) is 22.3 Å². The third-order valence-corrected chi connectivity index (χ3v) is 3.83. The Morgan fingerprint density at radius 2 is 2.37 bits per heavy atom. The van der Waals surface area contributed by atoms with Gasteiger partial charge in [-0.3, -0.25) is 0 Å². The molecular weight excluding hydrogens is 328 g/mol. The number of anilines is 1. The maximum Gasteiger partial charge on any atom is 0.338 e. The van der Waals surface area contributed by atoms with Crippen molar-refractivity contribution < 1.29 is 9.53 Å². The quantitative estimate of drug-likeness (QED) is 0.843. The van der Waals surface area contributed by atoms with Gasteiger partial charge in [-0.05, 0) is 41.1 Å². The topological polar surface area (TPSA) is 51.2 Å². The van der Waals surface area contributed by atoms with E-state index in [1.165, 1.54) is 0 Å². The van der Waals surface area contributed by atoms with Crippen LogP contribution in [0, 0.1) is 0 Å². The number of benzene rings is 1. The Balaban J connectivity index is 2.04. The van der Waals surface area contributed by atoms with E-state index in [1.807, 2.05) is 11.4 Å². The van der Waals surface area contributed by atoms with Crippen molar-refractivity contribution in [3.8, 4) is 0 Å². The number of thiazole rings is 1. The van der Waals surface area contributed by atoms with Crippen LogP contribution >= 0.6 is 27.3 Å². The molecule has 19 heavy (non-hydrogen) atoms. The number of nitrogens with zero attached hydrogens (tertiary/aromatic N) is 1. The molecule has 2 aromatic rings. The molecule has 1 aromatic heterocycles. The van der Waals surface area contributed by atoms with E-state index in [-0.39, 0.29) is 5.97 Å². The Hall–Kier alpha value is -1.40. The van der Waals surface area contributed by atoms with E-state index in [4.69, 9.17) is 4.74 Å². The van der Waals surface area contributed by atoms with Crippen LogP contribution in [-0.4, -0.2) is 17.6 Å². The average Bonchev–Trinajstić information content (AvgIpc) is 2.90. The molecule has 0 aliphatic heterocycles. The van der Waals surface area contributed by atoms with E-state index in [0.717, 1.165) is 15.2 Å². The highest BCUT2D eigenvalue weighted by atomic mass is 79.9. The third kappa shape index (κ3) is 3.78. The second-order valence-electron chi connectivity index (χ2n) is 3.69. The molecule has 0 spiro atoms. The summed E-state index contributed by atoms with van der Waals surface area (Å²) in [6.45, 7) is 2.83. The molecule has 6 heteroatoms. The number of esters is 1. The second-order valence-corrected chi connectivity index (χ2v) is 5.53. The number of hydrogen-bond donors (Lipinski definition) is 1. The van der Waals surface area contributed by atoms with Crippen LogP contribution < -0.4 is 5.32 Å². The Bertz CT molecular complexity index is 558. The van der Waals surface area contributed by atoms with Crippen molar-refractivity contribution in [2.45, 2.75) is 13.5 Å². The van der Waals surface area contributed by atoms with Crippen LogP contribution in [-0.2, 0) is 11.3 Å². The van der Waals surface area contributed by atoms with Crippen LogP contribution in [0.3, 0.4) is 0 Å². The predicted octanol–water partition coefficient (Wildman–Crippen LogP) is 3.69. The molecule has 0 aliphatic rings. The predicted molar refractivity (Wildman–Crippen MR) is 79.5 cm³/mol. The summed E-state index contributed by atoms with van der Waals surface area (Å²) in [5.74, 6) is -0.310. The fourth-order valence-electron chi connectivity index (χ4n) is 1.51. The fourth-order valence-corrected chi connectivity index (χ4v) is 2.59. The lowest BCUT2D eigenvalue weighted by Gasteiger charge is -2.08. The van der Waals surface area contributed by atoms with Gasteiger partial charge in [0.05, 0.1) is 18.7 Å². The van der Waals surface area contributed by atoms with Crippen molar-refractivity contribution >= 4 is 38.9 Å². The fraction of sp³-hybridized carbons (Fsp3) is 0.231. The summed E-state index contributed by atoms with van der Waals surface area (Å²) in [5.41, 5.74) is 1.46. The van der Waals surface area contributed by atoms with E-state index in [9.17, 15) is 4.79 Å². The minimum Gasteiger partial charge on any atom is -0.462 e. The molecule has 0 bridgehead atoms. The molecule has 2 rings (SSSR count). The highest BCUT2D eigenvalue weighted by molar-refractivity contribution is 9.10. The van der Waals surface area contributed by atoms with Crippen molar-refractivity contribution in [1.29, 1.82) is 0 Å². The molecule has 0 saturated heterocycles. The number of halogens is 1.